The van der Waals surface area contributed by atoms with E-state index in [9.17, 15) is 4.79 Å². The zero-order chi connectivity index (χ0) is 11.5. The van der Waals surface area contributed by atoms with Crippen LogP contribution in [-0.4, -0.2) is 17.1 Å². The van der Waals surface area contributed by atoms with E-state index in [4.69, 9.17) is 16.3 Å². The van der Waals surface area contributed by atoms with E-state index in [1.165, 1.54) is 6.07 Å². The molecule has 0 aliphatic heterocycles. The van der Waals surface area contributed by atoms with E-state index in [1.54, 1.807) is 7.11 Å². The molecule has 0 fully saturated rings. The Morgan fingerprint density at radius 1 is 1.67 bits per heavy atom. The molecule has 1 aromatic heterocycles. The quantitative estimate of drug-likeness (QED) is 0.803. The molecule has 1 atom stereocenters. The molecule has 0 saturated heterocycles. The second-order valence-electron chi connectivity index (χ2n) is 3.51. The molecule has 0 aliphatic carbocycles. The summed E-state index contributed by atoms with van der Waals surface area (Å²) in [6.45, 7) is 3.85. The molecule has 1 heterocycles. The van der Waals surface area contributed by atoms with Crippen molar-refractivity contribution in [3.63, 3.8) is 0 Å². The molecule has 0 aromatic carbocycles. The van der Waals surface area contributed by atoms with Crippen LogP contribution < -0.4 is 5.56 Å². The molecule has 0 amide bonds. The molecule has 0 bridgehead atoms. The summed E-state index contributed by atoms with van der Waals surface area (Å²) < 4.78 is 5.35. The van der Waals surface area contributed by atoms with Gasteiger partial charge in [0.15, 0.2) is 0 Å². The van der Waals surface area contributed by atoms with Crippen molar-refractivity contribution in [2.45, 2.75) is 31.7 Å². The van der Waals surface area contributed by atoms with Crippen molar-refractivity contribution in [2.24, 2.45) is 0 Å². The smallest absolute Gasteiger partial charge is 0.251 e. The highest BCUT2D eigenvalue weighted by Gasteiger charge is 2.27. The average molecular weight is 231 g/mol. The lowest BCUT2D eigenvalue weighted by atomic mass is 10.0. The number of hydrogen-bond donors (Lipinski definition) is 1. The lowest BCUT2D eigenvalue weighted by Gasteiger charge is -2.25. The Balaban J connectivity index is 3.24. The average Bonchev–Trinajstić information content (AvgIpc) is 2.27. The number of hydrogen-bond acceptors (Lipinski definition) is 3. The minimum Gasteiger partial charge on any atom is -0.371 e. The number of aromatic nitrogens is 2. The van der Waals surface area contributed by atoms with Crippen LogP contribution in [0.5, 0.6) is 0 Å². The first kappa shape index (κ1) is 12.2. The number of aromatic amines is 1. The molecular weight excluding hydrogens is 216 g/mol. The SMILES string of the molecule is CCC(C)(OC)c1nc(CCl)cc(=O)[nH]1. The van der Waals surface area contributed by atoms with Crippen LogP contribution in [0.4, 0.5) is 0 Å². The highest BCUT2D eigenvalue weighted by atomic mass is 35.5. The number of rotatable bonds is 4. The molecule has 0 saturated carbocycles. The van der Waals surface area contributed by atoms with Crippen molar-refractivity contribution in [2.75, 3.05) is 7.11 Å². The number of nitrogens with zero attached hydrogens (tertiary/aromatic N) is 1. The predicted octanol–water partition coefficient (Wildman–Crippen LogP) is 1.78. The first-order valence-electron chi connectivity index (χ1n) is 4.77. The van der Waals surface area contributed by atoms with Gasteiger partial charge in [-0.25, -0.2) is 4.98 Å². The number of nitrogens with one attached hydrogen (secondary N) is 1. The van der Waals surface area contributed by atoms with Gasteiger partial charge in [0.25, 0.3) is 5.56 Å². The number of ether oxygens (including phenoxy) is 1. The molecule has 0 radical (unpaired) electrons. The molecule has 84 valence electrons. The standard InChI is InChI=1S/C10H15ClN2O2/c1-4-10(2,15-3)9-12-7(6-11)5-8(14)13-9/h5H,4,6H2,1-3H3,(H,12,13,14). The van der Waals surface area contributed by atoms with Crippen molar-refractivity contribution in [3.8, 4) is 0 Å². The second kappa shape index (κ2) is 4.77. The van der Waals surface area contributed by atoms with Gasteiger partial charge in [-0.2, -0.15) is 0 Å². The van der Waals surface area contributed by atoms with E-state index in [-0.39, 0.29) is 11.4 Å². The Bertz CT molecular complexity index is 385. The fourth-order valence-electron chi connectivity index (χ4n) is 1.24. The van der Waals surface area contributed by atoms with E-state index >= 15 is 0 Å². The first-order chi connectivity index (χ1) is 7.05. The highest BCUT2D eigenvalue weighted by Crippen LogP contribution is 2.24. The minimum atomic E-state index is -0.568. The van der Waals surface area contributed by atoms with Crippen molar-refractivity contribution >= 4 is 11.6 Å². The Labute approximate surface area is 93.6 Å². The number of methoxy groups -OCH3 is 1. The molecule has 15 heavy (non-hydrogen) atoms. The minimum absolute atomic E-state index is 0.202. The number of halogens is 1. The van der Waals surface area contributed by atoms with Crippen molar-refractivity contribution in [1.29, 1.82) is 0 Å². The van der Waals surface area contributed by atoms with E-state index in [0.29, 0.717) is 11.5 Å². The summed E-state index contributed by atoms with van der Waals surface area (Å²) in [6.07, 6.45) is 0.720. The maximum absolute atomic E-state index is 11.3. The third-order valence-electron chi connectivity index (χ3n) is 2.56. The fourth-order valence-corrected chi connectivity index (χ4v) is 1.37. The van der Waals surface area contributed by atoms with Gasteiger partial charge in [-0.15, -0.1) is 11.6 Å². The molecule has 4 nitrogen and oxygen atoms in total. The Morgan fingerprint density at radius 2 is 2.33 bits per heavy atom. The molecule has 1 unspecified atom stereocenters. The monoisotopic (exact) mass is 230 g/mol. The van der Waals surface area contributed by atoms with Crippen molar-refractivity contribution in [3.05, 3.63) is 27.9 Å². The van der Waals surface area contributed by atoms with Crippen LogP contribution in [0.2, 0.25) is 0 Å². The van der Waals surface area contributed by atoms with Crippen LogP contribution in [0.1, 0.15) is 31.8 Å². The predicted molar refractivity (Wildman–Crippen MR) is 59.1 cm³/mol. The summed E-state index contributed by atoms with van der Waals surface area (Å²) in [4.78, 5) is 18.3. The van der Waals surface area contributed by atoms with Gasteiger partial charge in [0.1, 0.15) is 11.4 Å². The molecule has 1 rings (SSSR count). The van der Waals surface area contributed by atoms with E-state index < -0.39 is 5.60 Å². The number of alkyl halides is 1. The molecule has 0 aliphatic rings. The fraction of sp³-hybridized carbons (Fsp3) is 0.600. The summed E-state index contributed by atoms with van der Waals surface area (Å²) in [5, 5.41) is 0. The van der Waals surface area contributed by atoms with E-state index in [1.807, 2.05) is 13.8 Å². The van der Waals surface area contributed by atoms with E-state index in [2.05, 4.69) is 9.97 Å². The van der Waals surface area contributed by atoms with Gasteiger partial charge in [-0.05, 0) is 13.3 Å². The summed E-state index contributed by atoms with van der Waals surface area (Å²) in [5.41, 5.74) is -0.208. The maximum Gasteiger partial charge on any atom is 0.251 e. The van der Waals surface area contributed by atoms with Gasteiger partial charge in [0.05, 0.1) is 11.6 Å². The van der Waals surface area contributed by atoms with E-state index in [0.717, 1.165) is 6.42 Å². The number of H-pyrrole nitrogens is 1. The van der Waals surface area contributed by atoms with Crippen LogP contribution in [0.15, 0.2) is 10.9 Å². The normalized spacial score (nSPS) is 14.9. The van der Waals surface area contributed by atoms with Gasteiger partial charge in [-0.1, -0.05) is 6.92 Å². The van der Waals surface area contributed by atoms with Gasteiger partial charge in [0.2, 0.25) is 0 Å². The van der Waals surface area contributed by atoms with Crippen LogP contribution in [0.3, 0.4) is 0 Å². The van der Waals surface area contributed by atoms with Crippen LogP contribution >= 0.6 is 11.6 Å². The van der Waals surface area contributed by atoms with Gasteiger partial charge in [0, 0.05) is 13.2 Å². The summed E-state index contributed by atoms with van der Waals surface area (Å²) in [5.74, 6) is 0.746. The molecular formula is C10H15ClN2O2. The zero-order valence-electron chi connectivity index (χ0n) is 9.13. The third-order valence-corrected chi connectivity index (χ3v) is 2.83. The molecule has 5 heteroatoms. The summed E-state index contributed by atoms with van der Waals surface area (Å²) >= 11 is 5.65. The highest BCUT2D eigenvalue weighted by molar-refractivity contribution is 6.16. The largest absolute Gasteiger partial charge is 0.371 e. The van der Waals surface area contributed by atoms with Gasteiger partial charge < -0.3 is 9.72 Å². The lowest BCUT2D eigenvalue weighted by molar-refractivity contribution is -0.00931. The Kier molecular flexibility index (Phi) is 3.88. The second-order valence-corrected chi connectivity index (χ2v) is 3.77. The van der Waals surface area contributed by atoms with Crippen molar-refractivity contribution in [1.82, 2.24) is 9.97 Å². The Morgan fingerprint density at radius 3 is 2.80 bits per heavy atom. The lowest BCUT2D eigenvalue weighted by Crippen LogP contribution is -2.29. The summed E-state index contributed by atoms with van der Waals surface area (Å²) in [6, 6.07) is 1.39. The Hall–Kier alpha value is -0.870. The van der Waals surface area contributed by atoms with Crippen LogP contribution in [0.25, 0.3) is 0 Å². The third kappa shape index (κ3) is 2.58. The molecule has 1 N–H and O–H groups in total. The van der Waals surface area contributed by atoms with Crippen molar-refractivity contribution < 1.29 is 4.74 Å². The van der Waals surface area contributed by atoms with Gasteiger partial charge in [-0.3, -0.25) is 4.79 Å². The van der Waals surface area contributed by atoms with Crippen LogP contribution in [0, 0.1) is 0 Å². The van der Waals surface area contributed by atoms with Crippen LogP contribution in [-0.2, 0) is 16.2 Å². The zero-order valence-corrected chi connectivity index (χ0v) is 9.89. The summed E-state index contributed by atoms with van der Waals surface area (Å²) in [7, 11) is 1.59. The molecule has 1 aromatic rings. The topological polar surface area (TPSA) is 55.0 Å². The van der Waals surface area contributed by atoms with Gasteiger partial charge >= 0.3 is 0 Å². The first-order valence-corrected chi connectivity index (χ1v) is 5.31. The molecule has 0 spiro atoms. The maximum atomic E-state index is 11.3.